The van der Waals surface area contributed by atoms with Crippen molar-refractivity contribution in [2.45, 2.75) is 19.4 Å². The molecule has 0 fully saturated rings. The Labute approximate surface area is 154 Å². The van der Waals surface area contributed by atoms with Gasteiger partial charge in [-0.05, 0) is 30.2 Å². The third kappa shape index (κ3) is 6.50. The second-order valence-corrected chi connectivity index (χ2v) is 7.36. The first-order chi connectivity index (χ1) is 12.4. The summed E-state index contributed by atoms with van der Waals surface area (Å²) in [5.41, 5.74) is 1.73. The smallest absolute Gasteiger partial charge is 0.314 e. The van der Waals surface area contributed by atoms with Crippen molar-refractivity contribution < 1.29 is 22.1 Å². The van der Waals surface area contributed by atoms with E-state index >= 15 is 0 Å². The van der Waals surface area contributed by atoms with Gasteiger partial charge in [0.25, 0.3) is 0 Å². The van der Waals surface area contributed by atoms with Gasteiger partial charge in [-0.1, -0.05) is 42.5 Å². The molecule has 2 rings (SSSR count). The van der Waals surface area contributed by atoms with E-state index in [0.717, 1.165) is 11.8 Å². The second-order valence-electron chi connectivity index (χ2n) is 5.78. The van der Waals surface area contributed by atoms with Crippen molar-refractivity contribution >= 4 is 16.1 Å². The average Bonchev–Trinajstić information content (AvgIpc) is 2.58. The SMILES string of the molecule is CCOC(=O)C(CNCc1ccccc1)c1cccc(OS(C)(=O)=O)c1. The topological polar surface area (TPSA) is 81.7 Å². The number of rotatable bonds is 9. The first-order valence-corrected chi connectivity index (χ1v) is 10.1. The van der Waals surface area contributed by atoms with E-state index < -0.39 is 16.0 Å². The lowest BCUT2D eigenvalue weighted by Crippen LogP contribution is -2.28. The van der Waals surface area contributed by atoms with Crippen molar-refractivity contribution in [3.8, 4) is 5.75 Å². The van der Waals surface area contributed by atoms with Gasteiger partial charge in [-0.25, -0.2) is 0 Å². The molecule has 0 spiro atoms. The van der Waals surface area contributed by atoms with E-state index in [2.05, 4.69) is 5.32 Å². The van der Waals surface area contributed by atoms with E-state index in [9.17, 15) is 13.2 Å². The first kappa shape index (κ1) is 19.9. The predicted molar refractivity (Wildman–Crippen MR) is 99.4 cm³/mol. The molecule has 7 heteroatoms. The molecule has 1 N–H and O–H groups in total. The van der Waals surface area contributed by atoms with E-state index in [1.807, 2.05) is 30.3 Å². The molecule has 0 bridgehead atoms. The van der Waals surface area contributed by atoms with Gasteiger partial charge in [-0.2, -0.15) is 8.42 Å². The highest BCUT2D eigenvalue weighted by atomic mass is 32.2. The maximum absolute atomic E-state index is 12.4. The Kier molecular flexibility index (Phi) is 7.17. The largest absolute Gasteiger partial charge is 0.465 e. The van der Waals surface area contributed by atoms with Gasteiger partial charge in [0.15, 0.2) is 0 Å². The molecular weight excluding hydrogens is 354 g/mol. The molecule has 0 aliphatic rings. The number of hydrogen-bond donors (Lipinski definition) is 1. The van der Waals surface area contributed by atoms with Crippen molar-refractivity contribution in [2.75, 3.05) is 19.4 Å². The van der Waals surface area contributed by atoms with Crippen LogP contribution in [0, 0.1) is 0 Å². The van der Waals surface area contributed by atoms with Gasteiger partial charge in [-0.15, -0.1) is 0 Å². The van der Waals surface area contributed by atoms with Crippen LogP contribution in [0.2, 0.25) is 0 Å². The van der Waals surface area contributed by atoms with Crippen LogP contribution in [0.4, 0.5) is 0 Å². The molecule has 26 heavy (non-hydrogen) atoms. The minimum atomic E-state index is -3.63. The van der Waals surface area contributed by atoms with E-state index in [4.69, 9.17) is 8.92 Å². The number of carbonyl (C=O) groups is 1. The highest BCUT2D eigenvalue weighted by Gasteiger charge is 2.22. The van der Waals surface area contributed by atoms with Crippen molar-refractivity contribution in [3.05, 3.63) is 65.7 Å². The molecule has 0 radical (unpaired) electrons. The summed E-state index contributed by atoms with van der Waals surface area (Å²) in [5, 5.41) is 3.25. The molecule has 0 aliphatic heterocycles. The van der Waals surface area contributed by atoms with Crippen molar-refractivity contribution in [3.63, 3.8) is 0 Å². The van der Waals surface area contributed by atoms with Gasteiger partial charge < -0.3 is 14.2 Å². The summed E-state index contributed by atoms with van der Waals surface area (Å²) < 4.78 is 32.7. The number of carbonyl (C=O) groups excluding carboxylic acids is 1. The van der Waals surface area contributed by atoms with Crippen LogP contribution in [0.1, 0.15) is 24.0 Å². The number of benzene rings is 2. The lowest BCUT2D eigenvalue weighted by Gasteiger charge is -2.17. The Morgan fingerprint density at radius 1 is 1.12 bits per heavy atom. The highest BCUT2D eigenvalue weighted by molar-refractivity contribution is 7.86. The molecule has 0 amide bonds. The lowest BCUT2D eigenvalue weighted by atomic mass is 9.98. The minimum absolute atomic E-state index is 0.169. The van der Waals surface area contributed by atoms with E-state index in [-0.39, 0.29) is 18.3 Å². The lowest BCUT2D eigenvalue weighted by molar-refractivity contribution is -0.144. The van der Waals surface area contributed by atoms with Crippen LogP contribution >= 0.6 is 0 Å². The fourth-order valence-electron chi connectivity index (χ4n) is 2.49. The normalized spacial score (nSPS) is 12.4. The number of esters is 1. The van der Waals surface area contributed by atoms with E-state index in [1.54, 1.807) is 25.1 Å². The van der Waals surface area contributed by atoms with Crippen LogP contribution in [0.5, 0.6) is 5.75 Å². The van der Waals surface area contributed by atoms with Crippen LogP contribution in [0.25, 0.3) is 0 Å². The number of nitrogens with one attached hydrogen (secondary N) is 1. The van der Waals surface area contributed by atoms with Gasteiger partial charge in [0.05, 0.1) is 18.8 Å². The summed E-state index contributed by atoms with van der Waals surface area (Å²) in [5.74, 6) is -0.770. The van der Waals surface area contributed by atoms with Crippen LogP contribution in [0.15, 0.2) is 54.6 Å². The minimum Gasteiger partial charge on any atom is -0.465 e. The molecule has 1 atom stereocenters. The molecule has 2 aromatic carbocycles. The third-order valence-corrected chi connectivity index (χ3v) is 4.09. The molecule has 6 nitrogen and oxygen atoms in total. The predicted octanol–water partition coefficient (Wildman–Crippen LogP) is 2.46. The summed E-state index contributed by atoms with van der Waals surface area (Å²) in [6.45, 7) is 2.98. The second kappa shape index (κ2) is 9.35. The zero-order valence-electron chi connectivity index (χ0n) is 14.8. The first-order valence-electron chi connectivity index (χ1n) is 8.29. The molecule has 0 aromatic heterocycles. The summed E-state index contributed by atoms with van der Waals surface area (Å²) in [7, 11) is -3.63. The van der Waals surface area contributed by atoms with Crippen LogP contribution in [0.3, 0.4) is 0 Å². The summed E-state index contributed by atoms with van der Waals surface area (Å²) >= 11 is 0. The Bertz CT molecular complexity index is 821. The number of ether oxygens (including phenoxy) is 1. The Balaban J connectivity index is 2.13. The van der Waals surface area contributed by atoms with Crippen LogP contribution < -0.4 is 9.50 Å². The highest BCUT2D eigenvalue weighted by Crippen LogP contribution is 2.23. The fraction of sp³-hybridized carbons (Fsp3) is 0.316. The van der Waals surface area contributed by atoms with Crippen molar-refractivity contribution in [1.29, 1.82) is 0 Å². The number of hydrogen-bond acceptors (Lipinski definition) is 6. The van der Waals surface area contributed by atoms with Crippen LogP contribution in [-0.2, 0) is 26.2 Å². The fourth-order valence-corrected chi connectivity index (χ4v) is 2.95. The van der Waals surface area contributed by atoms with Gasteiger partial charge in [0.2, 0.25) is 0 Å². The average molecular weight is 377 g/mol. The van der Waals surface area contributed by atoms with Gasteiger partial charge in [0, 0.05) is 13.1 Å². The van der Waals surface area contributed by atoms with E-state index in [0.29, 0.717) is 18.7 Å². The van der Waals surface area contributed by atoms with Gasteiger partial charge in [-0.3, -0.25) is 4.79 Å². The zero-order valence-corrected chi connectivity index (χ0v) is 15.7. The maximum Gasteiger partial charge on any atom is 0.314 e. The molecule has 0 aliphatic carbocycles. The van der Waals surface area contributed by atoms with Crippen molar-refractivity contribution in [1.82, 2.24) is 5.32 Å². The zero-order chi connectivity index (χ0) is 19.0. The summed E-state index contributed by atoms with van der Waals surface area (Å²) in [6, 6.07) is 16.3. The molecule has 0 saturated heterocycles. The molecule has 1 unspecified atom stereocenters. The molecule has 0 heterocycles. The van der Waals surface area contributed by atoms with Crippen molar-refractivity contribution in [2.24, 2.45) is 0 Å². The van der Waals surface area contributed by atoms with Crippen LogP contribution in [-0.4, -0.2) is 33.8 Å². The van der Waals surface area contributed by atoms with Gasteiger partial charge in [0.1, 0.15) is 5.75 Å². The van der Waals surface area contributed by atoms with E-state index in [1.165, 1.54) is 6.07 Å². The standard InChI is InChI=1S/C19H23NO5S/c1-3-24-19(21)18(14-20-13-15-8-5-4-6-9-15)16-10-7-11-17(12-16)25-26(2,22)23/h4-12,18,20H,3,13-14H2,1-2H3. The quantitative estimate of drug-likeness (QED) is 0.534. The van der Waals surface area contributed by atoms with Gasteiger partial charge >= 0.3 is 16.1 Å². The molecular formula is C19H23NO5S. The Morgan fingerprint density at radius 3 is 2.50 bits per heavy atom. The summed E-state index contributed by atoms with van der Waals surface area (Å²) in [4.78, 5) is 12.4. The Morgan fingerprint density at radius 2 is 1.85 bits per heavy atom. The molecule has 0 saturated carbocycles. The monoisotopic (exact) mass is 377 g/mol. The third-order valence-electron chi connectivity index (χ3n) is 3.60. The molecule has 2 aromatic rings. The molecule has 140 valence electrons. The Hall–Kier alpha value is -2.38. The maximum atomic E-state index is 12.4. The summed E-state index contributed by atoms with van der Waals surface area (Å²) in [6.07, 6.45) is 0.976.